The number of anilines is 1. The van der Waals surface area contributed by atoms with Gasteiger partial charge in [0.05, 0.1) is 23.6 Å². The van der Waals surface area contributed by atoms with Crippen molar-refractivity contribution >= 4 is 11.8 Å². The lowest BCUT2D eigenvalue weighted by Gasteiger charge is -2.13. The van der Waals surface area contributed by atoms with Crippen LogP contribution < -0.4 is 5.32 Å². The molecule has 94 valence electrons. The number of furan rings is 1. The zero-order chi connectivity index (χ0) is 13.1. The lowest BCUT2D eigenvalue weighted by Crippen LogP contribution is -2.09. The quantitative estimate of drug-likeness (QED) is 0.867. The molecule has 0 radical (unpaired) electrons. The molecule has 2 heterocycles. The summed E-state index contributed by atoms with van der Waals surface area (Å²) in [7, 11) is 0. The molecule has 0 spiro atoms. The molecule has 5 heteroatoms. The fourth-order valence-electron chi connectivity index (χ4n) is 1.70. The van der Waals surface area contributed by atoms with Gasteiger partial charge >= 0.3 is 5.97 Å². The molecule has 0 saturated carbocycles. The molecule has 18 heavy (non-hydrogen) atoms. The summed E-state index contributed by atoms with van der Waals surface area (Å²) in [6.45, 7) is 3.62. The van der Waals surface area contributed by atoms with E-state index >= 15 is 0 Å². The maximum absolute atomic E-state index is 10.9. The van der Waals surface area contributed by atoms with Crippen LogP contribution in [0.4, 0.5) is 5.82 Å². The second-order valence-electron chi connectivity index (χ2n) is 4.02. The highest BCUT2D eigenvalue weighted by Crippen LogP contribution is 2.19. The standard InChI is InChI=1S/C13H14N2O3/c1-8-10(13(16)17)5-6-12(14-8)15-9(2)11-4-3-7-18-11/h3-7,9H,1-2H3,(H,14,15)(H,16,17). The minimum atomic E-state index is -0.967. The molecule has 5 nitrogen and oxygen atoms in total. The smallest absolute Gasteiger partial charge is 0.337 e. The van der Waals surface area contributed by atoms with E-state index in [0.29, 0.717) is 11.5 Å². The Bertz CT molecular complexity index is 549. The van der Waals surface area contributed by atoms with Crippen molar-refractivity contribution < 1.29 is 14.3 Å². The fraction of sp³-hybridized carbons (Fsp3) is 0.231. The largest absolute Gasteiger partial charge is 0.478 e. The lowest BCUT2D eigenvalue weighted by atomic mass is 10.2. The number of rotatable bonds is 4. The highest BCUT2D eigenvalue weighted by atomic mass is 16.4. The molecule has 0 amide bonds. The van der Waals surface area contributed by atoms with Crippen molar-refractivity contribution in [1.29, 1.82) is 0 Å². The first kappa shape index (κ1) is 12.2. The molecule has 1 unspecified atom stereocenters. The van der Waals surface area contributed by atoms with Crippen LogP contribution in [-0.2, 0) is 0 Å². The topological polar surface area (TPSA) is 75.4 Å². The third kappa shape index (κ3) is 2.51. The Morgan fingerprint density at radius 3 is 2.78 bits per heavy atom. The Hall–Kier alpha value is -2.30. The fourth-order valence-corrected chi connectivity index (χ4v) is 1.70. The zero-order valence-electron chi connectivity index (χ0n) is 10.2. The van der Waals surface area contributed by atoms with Crippen molar-refractivity contribution in [2.75, 3.05) is 5.32 Å². The first-order chi connectivity index (χ1) is 8.58. The van der Waals surface area contributed by atoms with Gasteiger partial charge in [0.2, 0.25) is 0 Å². The summed E-state index contributed by atoms with van der Waals surface area (Å²) < 4.78 is 5.28. The van der Waals surface area contributed by atoms with Crippen molar-refractivity contribution in [3.8, 4) is 0 Å². The first-order valence-electron chi connectivity index (χ1n) is 5.59. The van der Waals surface area contributed by atoms with Gasteiger partial charge in [-0.1, -0.05) is 0 Å². The summed E-state index contributed by atoms with van der Waals surface area (Å²) in [5.41, 5.74) is 0.699. The Morgan fingerprint density at radius 1 is 1.44 bits per heavy atom. The lowest BCUT2D eigenvalue weighted by molar-refractivity contribution is 0.0695. The third-order valence-corrected chi connectivity index (χ3v) is 2.65. The monoisotopic (exact) mass is 246 g/mol. The van der Waals surface area contributed by atoms with Crippen LogP contribution in [0.3, 0.4) is 0 Å². The van der Waals surface area contributed by atoms with Crippen molar-refractivity contribution in [3.05, 3.63) is 47.5 Å². The highest BCUT2D eigenvalue weighted by Gasteiger charge is 2.11. The third-order valence-electron chi connectivity index (χ3n) is 2.65. The Labute approximate surface area is 104 Å². The molecule has 0 aliphatic rings. The number of carbonyl (C=O) groups is 1. The molecule has 0 fully saturated rings. The van der Waals surface area contributed by atoms with Crippen molar-refractivity contribution in [3.63, 3.8) is 0 Å². The van der Waals surface area contributed by atoms with Crippen LogP contribution >= 0.6 is 0 Å². The van der Waals surface area contributed by atoms with Crippen LogP contribution in [0.5, 0.6) is 0 Å². The Balaban J connectivity index is 2.15. The van der Waals surface area contributed by atoms with E-state index in [4.69, 9.17) is 9.52 Å². The number of hydrogen-bond donors (Lipinski definition) is 2. The van der Waals surface area contributed by atoms with E-state index in [1.54, 1.807) is 25.3 Å². The number of aromatic carboxylic acids is 1. The molecule has 2 rings (SSSR count). The molecule has 2 aromatic rings. The van der Waals surface area contributed by atoms with E-state index in [9.17, 15) is 4.79 Å². The number of nitrogens with zero attached hydrogens (tertiary/aromatic N) is 1. The second-order valence-corrected chi connectivity index (χ2v) is 4.02. The van der Waals surface area contributed by atoms with E-state index in [2.05, 4.69) is 10.3 Å². The minimum absolute atomic E-state index is 0.0254. The highest BCUT2D eigenvalue weighted by molar-refractivity contribution is 5.89. The van der Waals surface area contributed by atoms with Crippen molar-refractivity contribution in [2.24, 2.45) is 0 Å². The summed E-state index contributed by atoms with van der Waals surface area (Å²) in [6, 6.07) is 6.86. The molecule has 0 aromatic carbocycles. The van der Waals surface area contributed by atoms with Gasteiger partial charge in [0.15, 0.2) is 0 Å². The van der Waals surface area contributed by atoms with Gasteiger partial charge < -0.3 is 14.8 Å². The number of aryl methyl sites for hydroxylation is 1. The molecule has 0 bridgehead atoms. The Kier molecular flexibility index (Phi) is 3.32. The number of carboxylic acid groups (broad SMARTS) is 1. The second kappa shape index (κ2) is 4.91. The minimum Gasteiger partial charge on any atom is -0.478 e. The summed E-state index contributed by atoms with van der Waals surface area (Å²) in [5, 5.41) is 12.1. The summed E-state index contributed by atoms with van der Waals surface area (Å²) in [6.07, 6.45) is 1.61. The van der Waals surface area contributed by atoms with E-state index in [1.807, 2.05) is 19.1 Å². The van der Waals surface area contributed by atoms with E-state index in [0.717, 1.165) is 5.76 Å². The van der Waals surface area contributed by atoms with Crippen molar-refractivity contribution in [1.82, 2.24) is 4.98 Å². The number of carboxylic acids is 1. The van der Waals surface area contributed by atoms with Crippen LogP contribution in [0.2, 0.25) is 0 Å². The van der Waals surface area contributed by atoms with E-state index in [1.165, 1.54) is 0 Å². The maximum Gasteiger partial charge on any atom is 0.337 e. The van der Waals surface area contributed by atoms with Gasteiger partial charge in [-0.15, -0.1) is 0 Å². The zero-order valence-corrected chi connectivity index (χ0v) is 10.2. The van der Waals surface area contributed by atoms with Gasteiger partial charge in [-0.25, -0.2) is 9.78 Å². The molecule has 0 aliphatic heterocycles. The van der Waals surface area contributed by atoms with Crippen LogP contribution in [0, 0.1) is 6.92 Å². The SMILES string of the molecule is Cc1nc(NC(C)c2ccco2)ccc1C(=O)O. The molecule has 0 saturated heterocycles. The molecular formula is C13H14N2O3. The predicted molar refractivity (Wildman–Crippen MR) is 66.7 cm³/mol. The van der Waals surface area contributed by atoms with Gasteiger partial charge in [0.25, 0.3) is 0 Å². The van der Waals surface area contributed by atoms with Gasteiger partial charge in [-0.2, -0.15) is 0 Å². The average molecular weight is 246 g/mol. The van der Waals surface area contributed by atoms with E-state index in [-0.39, 0.29) is 11.6 Å². The van der Waals surface area contributed by atoms with Gasteiger partial charge in [-0.05, 0) is 38.1 Å². The first-order valence-corrected chi connectivity index (χ1v) is 5.59. The van der Waals surface area contributed by atoms with Crippen LogP contribution in [0.15, 0.2) is 34.9 Å². The van der Waals surface area contributed by atoms with Crippen LogP contribution in [-0.4, -0.2) is 16.1 Å². The number of nitrogens with one attached hydrogen (secondary N) is 1. The van der Waals surface area contributed by atoms with Crippen molar-refractivity contribution in [2.45, 2.75) is 19.9 Å². The average Bonchev–Trinajstić information content (AvgIpc) is 2.81. The van der Waals surface area contributed by atoms with Gasteiger partial charge in [0.1, 0.15) is 11.6 Å². The Morgan fingerprint density at radius 2 is 2.22 bits per heavy atom. The van der Waals surface area contributed by atoms with Crippen LogP contribution in [0.25, 0.3) is 0 Å². The predicted octanol–water partition coefficient (Wildman–Crippen LogP) is 2.85. The molecule has 0 aliphatic carbocycles. The molecule has 2 N–H and O–H groups in total. The molecule has 1 atom stereocenters. The molecular weight excluding hydrogens is 232 g/mol. The number of hydrogen-bond acceptors (Lipinski definition) is 4. The summed E-state index contributed by atoms with van der Waals surface area (Å²) >= 11 is 0. The van der Waals surface area contributed by atoms with E-state index < -0.39 is 5.97 Å². The van der Waals surface area contributed by atoms with Gasteiger partial charge in [-0.3, -0.25) is 0 Å². The summed E-state index contributed by atoms with van der Waals surface area (Å²) in [4.78, 5) is 15.1. The van der Waals surface area contributed by atoms with Crippen LogP contribution in [0.1, 0.15) is 34.8 Å². The normalized spacial score (nSPS) is 12.1. The molecule has 2 aromatic heterocycles. The summed E-state index contributed by atoms with van der Waals surface area (Å²) in [5.74, 6) is 0.462. The number of pyridine rings is 1. The van der Waals surface area contributed by atoms with Gasteiger partial charge in [0, 0.05) is 0 Å². The number of aromatic nitrogens is 1. The maximum atomic E-state index is 10.9.